The van der Waals surface area contributed by atoms with Crippen molar-refractivity contribution in [1.29, 1.82) is 0 Å². The summed E-state index contributed by atoms with van der Waals surface area (Å²) in [5, 5.41) is 3.00. The van der Waals surface area contributed by atoms with Crippen LogP contribution in [0.2, 0.25) is 0 Å². The van der Waals surface area contributed by atoms with Crippen molar-refractivity contribution in [2.75, 3.05) is 6.61 Å². The van der Waals surface area contributed by atoms with Crippen molar-refractivity contribution < 1.29 is 13.9 Å². The van der Waals surface area contributed by atoms with Crippen molar-refractivity contribution >= 4 is 11.7 Å². The molecule has 2 aromatic rings. The number of benzene rings is 1. The summed E-state index contributed by atoms with van der Waals surface area (Å²) >= 11 is 0. The molecule has 6 heteroatoms. The second-order valence-electron chi connectivity index (χ2n) is 5.10. The van der Waals surface area contributed by atoms with E-state index in [9.17, 15) is 9.70 Å². The number of aromatic nitrogens is 1. The third kappa shape index (κ3) is 5.02. The number of aryl methyl sites for hydroxylation is 1. The molecule has 0 amide bonds. The van der Waals surface area contributed by atoms with Crippen molar-refractivity contribution in [3.8, 4) is 11.3 Å². The van der Waals surface area contributed by atoms with E-state index in [1.165, 1.54) is 6.26 Å². The normalized spacial score (nSPS) is 10.5. The molecule has 1 heterocycles. The van der Waals surface area contributed by atoms with Crippen molar-refractivity contribution in [1.82, 2.24) is 4.98 Å². The lowest BCUT2D eigenvalue weighted by atomic mass is 10.1. The van der Waals surface area contributed by atoms with Gasteiger partial charge in [0.25, 0.3) is 0 Å². The number of hydrogen-bond acceptors (Lipinski definition) is 6. The van der Waals surface area contributed by atoms with E-state index >= 15 is 0 Å². The predicted molar refractivity (Wildman–Crippen MR) is 86.2 cm³/mol. The van der Waals surface area contributed by atoms with Gasteiger partial charge in [0.2, 0.25) is 0 Å². The number of unbranched alkanes of at least 4 members (excludes halogenated alkanes) is 2. The fraction of sp³-hybridized carbons (Fsp3) is 0.412. The van der Waals surface area contributed by atoms with Gasteiger partial charge < -0.3 is 9.15 Å². The molecule has 0 atom stereocenters. The number of oxazole rings is 1. The van der Waals surface area contributed by atoms with Crippen LogP contribution in [-0.2, 0) is 16.0 Å². The molecule has 0 aliphatic heterocycles. The number of carbonyl (C=O) groups is 1. The van der Waals surface area contributed by atoms with Crippen LogP contribution in [0.1, 0.15) is 38.5 Å². The van der Waals surface area contributed by atoms with Gasteiger partial charge in [-0.05, 0) is 31.0 Å². The van der Waals surface area contributed by atoms with Crippen LogP contribution in [0.25, 0.3) is 11.3 Å². The van der Waals surface area contributed by atoms with Crippen LogP contribution >= 0.6 is 0 Å². The van der Waals surface area contributed by atoms with Crippen LogP contribution in [0.3, 0.4) is 0 Å². The molecule has 0 N–H and O–H groups in total. The molecule has 23 heavy (non-hydrogen) atoms. The summed E-state index contributed by atoms with van der Waals surface area (Å²) in [6.45, 7) is 2.23. The lowest BCUT2D eigenvalue weighted by molar-refractivity contribution is -0.143. The topological polar surface area (TPSA) is 81.8 Å². The first-order valence-electron chi connectivity index (χ1n) is 7.77. The van der Waals surface area contributed by atoms with Crippen LogP contribution in [-0.4, -0.2) is 17.6 Å². The fourth-order valence-corrected chi connectivity index (χ4v) is 2.27. The largest absolute Gasteiger partial charge is 0.466 e. The number of ether oxygens (including phenoxy) is 1. The van der Waals surface area contributed by atoms with E-state index < -0.39 is 0 Å². The summed E-state index contributed by atoms with van der Waals surface area (Å²) in [6.07, 6.45) is 5.26. The molecule has 1 aromatic heterocycles. The molecule has 0 unspecified atom stereocenters. The molecule has 6 nitrogen and oxygen atoms in total. The fourth-order valence-electron chi connectivity index (χ4n) is 2.27. The molecule has 0 radical (unpaired) electrons. The Bertz CT molecular complexity index is 652. The van der Waals surface area contributed by atoms with Gasteiger partial charge in [0.05, 0.1) is 6.61 Å². The molecule has 122 valence electrons. The average molecular weight is 316 g/mol. The molecule has 2 rings (SSSR count). The molecule has 0 spiro atoms. The van der Waals surface area contributed by atoms with E-state index in [1.807, 2.05) is 6.07 Å². The van der Waals surface area contributed by atoms with Crippen molar-refractivity contribution in [3.05, 3.63) is 41.3 Å². The molecule has 1 aromatic carbocycles. The quantitative estimate of drug-likeness (QED) is 0.389. The van der Waals surface area contributed by atoms with Gasteiger partial charge in [-0.3, -0.25) is 4.79 Å². The first kappa shape index (κ1) is 16.9. The Kier molecular flexibility index (Phi) is 6.47. The number of carbonyl (C=O) groups excluding carboxylic acids is 1. The zero-order valence-corrected chi connectivity index (χ0v) is 13.2. The van der Waals surface area contributed by atoms with Gasteiger partial charge in [0, 0.05) is 18.4 Å². The highest BCUT2D eigenvalue weighted by molar-refractivity contribution is 5.72. The van der Waals surface area contributed by atoms with Gasteiger partial charge in [-0.1, -0.05) is 24.6 Å². The molecule has 0 aliphatic rings. The minimum Gasteiger partial charge on any atom is -0.466 e. The molecule has 0 fully saturated rings. The second kappa shape index (κ2) is 8.82. The van der Waals surface area contributed by atoms with Crippen LogP contribution in [0.4, 0.5) is 5.69 Å². The highest BCUT2D eigenvalue weighted by atomic mass is 16.5. The highest BCUT2D eigenvalue weighted by Crippen LogP contribution is 2.29. The van der Waals surface area contributed by atoms with E-state index in [2.05, 4.69) is 10.2 Å². The summed E-state index contributed by atoms with van der Waals surface area (Å²) in [7, 11) is 0. The number of nitrogens with zero attached hydrogens (tertiary/aromatic N) is 2. The SMILES string of the molecule is CCOC(=O)CCCCCc1nc(-c2ccccc2N=O)co1. The molecular weight excluding hydrogens is 296 g/mol. The number of hydrogen-bond donors (Lipinski definition) is 0. The van der Waals surface area contributed by atoms with E-state index in [1.54, 1.807) is 25.1 Å². The molecule has 0 aliphatic carbocycles. The first-order valence-corrected chi connectivity index (χ1v) is 7.77. The standard InChI is InChI=1S/C17H20N2O4/c1-2-22-17(20)11-5-3-4-10-16-18-15(12-23-16)13-8-6-7-9-14(13)19-21/h6-9,12H,2-5,10-11H2,1H3. The predicted octanol–water partition coefficient (Wildman–Crippen LogP) is 4.41. The summed E-state index contributed by atoms with van der Waals surface area (Å²) in [5.74, 6) is 0.473. The maximum atomic E-state index is 11.2. The zero-order chi connectivity index (χ0) is 16.5. The summed E-state index contributed by atoms with van der Waals surface area (Å²) in [4.78, 5) is 26.4. The Morgan fingerprint density at radius 2 is 2.09 bits per heavy atom. The Morgan fingerprint density at radius 3 is 2.87 bits per heavy atom. The second-order valence-corrected chi connectivity index (χ2v) is 5.10. The molecule has 0 saturated carbocycles. The number of esters is 1. The van der Waals surface area contributed by atoms with Gasteiger partial charge in [0.15, 0.2) is 5.89 Å². The van der Waals surface area contributed by atoms with Crippen molar-refractivity contribution in [2.24, 2.45) is 5.18 Å². The average Bonchev–Trinajstić information content (AvgIpc) is 3.03. The smallest absolute Gasteiger partial charge is 0.305 e. The van der Waals surface area contributed by atoms with E-state index in [4.69, 9.17) is 9.15 Å². The Labute approximate surface area is 134 Å². The first-order chi connectivity index (χ1) is 11.2. The maximum absolute atomic E-state index is 11.2. The van der Waals surface area contributed by atoms with E-state index in [0.29, 0.717) is 42.3 Å². The molecule has 0 saturated heterocycles. The monoisotopic (exact) mass is 316 g/mol. The maximum Gasteiger partial charge on any atom is 0.305 e. The van der Waals surface area contributed by atoms with Gasteiger partial charge in [-0.15, -0.1) is 4.91 Å². The minimum atomic E-state index is -0.149. The van der Waals surface area contributed by atoms with Crippen molar-refractivity contribution in [3.63, 3.8) is 0 Å². The molecular formula is C17H20N2O4. The van der Waals surface area contributed by atoms with Gasteiger partial charge in [-0.2, -0.15) is 0 Å². The summed E-state index contributed by atoms with van der Waals surface area (Å²) in [6, 6.07) is 7.02. The van der Waals surface area contributed by atoms with Crippen LogP contribution in [0.15, 0.2) is 40.1 Å². The number of rotatable bonds is 9. The Morgan fingerprint density at radius 1 is 1.26 bits per heavy atom. The Balaban J connectivity index is 1.81. The van der Waals surface area contributed by atoms with E-state index in [-0.39, 0.29) is 5.97 Å². The third-order valence-corrected chi connectivity index (χ3v) is 3.41. The highest BCUT2D eigenvalue weighted by Gasteiger charge is 2.10. The summed E-state index contributed by atoms with van der Waals surface area (Å²) in [5.41, 5.74) is 1.63. The van der Waals surface area contributed by atoms with Gasteiger partial charge >= 0.3 is 5.97 Å². The van der Waals surface area contributed by atoms with E-state index in [0.717, 1.165) is 19.3 Å². The van der Waals surface area contributed by atoms with Crippen LogP contribution in [0.5, 0.6) is 0 Å². The van der Waals surface area contributed by atoms with Crippen molar-refractivity contribution in [2.45, 2.75) is 39.0 Å². The summed E-state index contributed by atoms with van der Waals surface area (Å²) < 4.78 is 10.3. The molecule has 0 bridgehead atoms. The lowest BCUT2D eigenvalue weighted by Gasteiger charge is -2.01. The van der Waals surface area contributed by atoms with Crippen LogP contribution in [0, 0.1) is 4.91 Å². The van der Waals surface area contributed by atoms with Crippen LogP contribution < -0.4 is 0 Å². The van der Waals surface area contributed by atoms with Gasteiger partial charge in [-0.25, -0.2) is 4.98 Å². The number of nitroso groups, excluding NO2 is 1. The Hall–Kier alpha value is -2.50. The minimum absolute atomic E-state index is 0.149. The van der Waals surface area contributed by atoms with Gasteiger partial charge in [0.1, 0.15) is 17.6 Å². The third-order valence-electron chi connectivity index (χ3n) is 3.41. The lowest BCUT2D eigenvalue weighted by Crippen LogP contribution is -2.03. The zero-order valence-electron chi connectivity index (χ0n) is 13.2.